The molecule has 0 saturated carbocycles. The average Bonchev–Trinajstić information content (AvgIpc) is 3.04. The topological polar surface area (TPSA) is 41.1 Å². The van der Waals surface area contributed by atoms with E-state index < -0.39 is 0 Å². The van der Waals surface area contributed by atoms with Gasteiger partial charge in [0.1, 0.15) is 0 Å². The van der Waals surface area contributed by atoms with E-state index in [9.17, 15) is 4.79 Å². The van der Waals surface area contributed by atoms with Gasteiger partial charge in [0.15, 0.2) is 0 Å². The highest BCUT2D eigenvalue weighted by atomic mass is 35.5. The average molecular weight is 373 g/mol. The summed E-state index contributed by atoms with van der Waals surface area (Å²) in [6.45, 7) is 1.52. The largest absolute Gasteiger partial charge is 0.378 e. The van der Waals surface area contributed by atoms with Gasteiger partial charge in [-0.3, -0.25) is 4.79 Å². The van der Waals surface area contributed by atoms with E-state index in [4.69, 9.17) is 23.2 Å². The summed E-state index contributed by atoms with van der Waals surface area (Å²) >= 11 is 12.5. The maximum atomic E-state index is 11.3. The molecular formula is C20H18Cl2N2O. The maximum Gasteiger partial charge on any atom is 0.221 e. The molecule has 3 nitrogen and oxygen atoms in total. The van der Waals surface area contributed by atoms with Gasteiger partial charge in [0.2, 0.25) is 5.91 Å². The first-order valence-electron chi connectivity index (χ1n) is 8.32. The SMILES string of the molecule is CC(=O)Nc1ccc2c(c1)[C@@H]1C=CC[C@@H]1[C@@H](c1ccc(Cl)cc1Cl)N2. The Balaban J connectivity index is 1.74. The Morgan fingerprint density at radius 2 is 2.00 bits per heavy atom. The van der Waals surface area contributed by atoms with Gasteiger partial charge in [0.05, 0.1) is 6.04 Å². The smallest absolute Gasteiger partial charge is 0.221 e. The molecule has 5 heteroatoms. The molecule has 25 heavy (non-hydrogen) atoms. The number of anilines is 2. The van der Waals surface area contributed by atoms with Gasteiger partial charge in [-0.15, -0.1) is 0 Å². The first-order chi connectivity index (χ1) is 12.0. The molecule has 0 spiro atoms. The number of fused-ring (bicyclic) bond motifs is 3. The van der Waals surface area contributed by atoms with Gasteiger partial charge in [0, 0.05) is 34.3 Å². The second-order valence-corrected chi connectivity index (χ2v) is 7.47. The number of hydrogen-bond donors (Lipinski definition) is 2. The third kappa shape index (κ3) is 3.03. The molecule has 2 aliphatic rings. The van der Waals surface area contributed by atoms with Crippen molar-refractivity contribution in [2.75, 3.05) is 10.6 Å². The monoisotopic (exact) mass is 372 g/mol. The van der Waals surface area contributed by atoms with Crippen LogP contribution in [0.1, 0.15) is 36.4 Å². The Hall–Kier alpha value is -1.97. The van der Waals surface area contributed by atoms with Crippen LogP contribution in [0.2, 0.25) is 10.0 Å². The number of nitrogens with one attached hydrogen (secondary N) is 2. The lowest BCUT2D eigenvalue weighted by molar-refractivity contribution is -0.114. The Labute approximate surface area is 157 Å². The Bertz CT molecular complexity index is 878. The molecule has 1 heterocycles. The van der Waals surface area contributed by atoms with E-state index >= 15 is 0 Å². The number of hydrogen-bond acceptors (Lipinski definition) is 2. The molecule has 0 aromatic heterocycles. The van der Waals surface area contributed by atoms with Crippen molar-refractivity contribution in [1.29, 1.82) is 0 Å². The number of amides is 1. The third-order valence-corrected chi connectivity index (χ3v) is 5.54. The lowest BCUT2D eigenvalue weighted by Crippen LogP contribution is -2.29. The molecular weight excluding hydrogens is 355 g/mol. The number of carbonyl (C=O) groups excluding carboxylic acids is 1. The minimum Gasteiger partial charge on any atom is -0.378 e. The number of carbonyl (C=O) groups is 1. The predicted octanol–water partition coefficient (Wildman–Crippen LogP) is 5.78. The molecule has 1 amide bonds. The highest BCUT2D eigenvalue weighted by Crippen LogP contribution is 2.51. The van der Waals surface area contributed by atoms with Crippen LogP contribution in [0.3, 0.4) is 0 Å². The molecule has 3 atom stereocenters. The van der Waals surface area contributed by atoms with Gasteiger partial charge in [-0.2, -0.15) is 0 Å². The Morgan fingerprint density at radius 1 is 1.16 bits per heavy atom. The number of halogens is 2. The maximum absolute atomic E-state index is 11.3. The first-order valence-corrected chi connectivity index (χ1v) is 9.08. The van der Waals surface area contributed by atoms with Crippen molar-refractivity contribution in [2.45, 2.75) is 25.3 Å². The number of benzene rings is 2. The molecule has 0 bridgehead atoms. The standard InChI is InChI=1S/C20H18Cl2N2O/c1-11(25)23-13-6-8-19-17(10-13)14-3-2-4-15(14)20(24-19)16-7-5-12(21)9-18(16)22/h2-3,5-10,14-15,20,24H,4H2,1H3,(H,23,25)/t14-,15+,20+/m1/s1. The fourth-order valence-corrected chi connectivity index (χ4v) is 4.46. The zero-order valence-electron chi connectivity index (χ0n) is 13.7. The summed E-state index contributed by atoms with van der Waals surface area (Å²) in [7, 11) is 0. The van der Waals surface area contributed by atoms with Crippen LogP contribution in [-0.2, 0) is 4.79 Å². The van der Waals surface area contributed by atoms with Gasteiger partial charge in [-0.05, 0) is 53.8 Å². The highest BCUT2D eigenvalue weighted by molar-refractivity contribution is 6.35. The van der Waals surface area contributed by atoms with Crippen LogP contribution in [0.15, 0.2) is 48.6 Å². The van der Waals surface area contributed by atoms with Gasteiger partial charge in [-0.25, -0.2) is 0 Å². The minimum atomic E-state index is -0.0620. The minimum absolute atomic E-state index is 0.0620. The summed E-state index contributed by atoms with van der Waals surface area (Å²) < 4.78 is 0. The molecule has 0 fully saturated rings. The molecule has 0 unspecified atom stereocenters. The number of rotatable bonds is 2. The number of allylic oxidation sites excluding steroid dienone is 2. The molecule has 128 valence electrons. The lowest BCUT2D eigenvalue weighted by Gasteiger charge is -2.38. The van der Waals surface area contributed by atoms with Crippen LogP contribution in [0.4, 0.5) is 11.4 Å². The van der Waals surface area contributed by atoms with Crippen LogP contribution < -0.4 is 10.6 Å². The van der Waals surface area contributed by atoms with E-state index in [2.05, 4.69) is 28.9 Å². The van der Waals surface area contributed by atoms with E-state index in [1.54, 1.807) is 6.07 Å². The van der Waals surface area contributed by atoms with E-state index in [1.165, 1.54) is 12.5 Å². The van der Waals surface area contributed by atoms with Crippen molar-refractivity contribution in [3.05, 3.63) is 69.7 Å². The van der Waals surface area contributed by atoms with Crippen molar-refractivity contribution in [3.63, 3.8) is 0 Å². The summed E-state index contributed by atoms with van der Waals surface area (Å²) in [6.07, 6.45) is 5.48. The van der Waals surface area contributed by atoms with Crippen molar-refractivity contribution in [3.8, 4) is 0 Å². The predicted molar refractivity (Wildman–Crippen MR) is 104 cm³/mol. The van der Waals surface area contributed by atoms with E-state index in [0.717, 1.165) is 23.4 Å². The molecule has 0 radical (unpaired) electrons. The van der Waals surface area contributed by atoms with E-state index in [-0.39, 0.29) is 11.9 Å². The van der Waals surface area contributed by atoms with Gasteiger partial charge in [-0.1, -0.05) is 41.4 Å². The molecule has 0 saturated heterocycles. The van der Waals surface area contributed by atoms with Crippen LogP contribution in [0.25, 0.3) is 0 Å². The second-order valence-electron chi connectivity index (χ2n) is 6.62. The summed E-state index contributed by atoms with van der Waals surface area (Å²) in [5, 5.41) is 7.85. The molecule has 2 aromatic rings. The van der Waals surface area contributed by atoms with E-state index in [0.29, 0.717) is 21.9 Å². The zero-order valence-corrected chi connectivity index (χ0v) is 15.2. The third-order valence-electron chi connectivity index (χ3n) is 4.98. The zero-order chi connectivity index (χ0) is 17.6. The quantitative estimate of drug-likeness (QED) is 0.656. The Kier molecular flexibility index (Phi) is 4.22. The molecule has 4 rings (SSSR count). The van der Waals surface area contributed by atoms with Crippen LogP contribution in [0.5, 0.6) is 0 Å². The summed E-state index contributed by atoms with van der Waals surface area (Å²) in [5.74, 6) is 0.633. The van der Waals surface area contributed by atoms with Crippen molar-refractivity contribution in [2.24, 2.45) is 5.92 Å². The normalized spacial score (nSPS) is 23.6. The summed E-state index contributed by atoms with van der Waals surface area (Å²) in [4.78, 5) is 11.3. The van der Waals surface area contributed by atoms with Gasteiger partial charge in [0.25, 0.3) is 0 Å². The van der Waals surface area contributed by atoms with Crippen molar-refractivity contribution < 1.29 is 4.79 Å². The van der Waals surface area contributed by atoms with Gasteiger partial charge < -0.3 is 10.6 Å². The lowest BCUT2D eigenvalue weighted by atomic mass is 9.77. The first kappa shape index (κ1) is 16.5. The fourth-order valence-electron chi connectivity index (χ4n) is 3.94. The summed E-state index contributed by atoms with van der Waals surface area (Å²) in [6, 6.07) is 11.8. The molecule has 1 aliphatic carbocycles. The van der Waals surface area contributed by atoms with Crippen molar-refractivity contribution >= 4 is 40.5 Å². The van der Waals surface area contributed by atoms with E-state index in [1.807, 2.05) is 24.3 Å². The Morgan fingerprint density at radius 3 is 2.76 bits per heavy atom. The summed E-state index contributed by atoms with van der Waals surface area (Å²) in [5.41, 5.74) is 4.20. The second kappa shape index (κ2) is 6.40. The van der Waals surface area contributed by atoms with Crippen LogP contribution >= 0.6 is 23.2 Å². The highest BCUT2D eigenvalue weighted by Gasteiger charge is 2.38. The fraction of sp³-hybridized carbons (Fsp3) is 0.250. The molecule has 2 aromatic carbocycles. The molecule has 2 N–H and O–H groups in total. The molecule has 1 aliphatic heterocycles. The van der Waals surface area contributed by atoms with Gasteiger partial charge >= 0.3 is 0 Å². The van der Waals surface area contributed by atoms with Crippen LogP contribution in [0, 0.1) is 5.92 Å². The van der Waals surface area contributed by atoms with Crippen LogP contribution in [-0.4, -0.2) is 5.91 Å². The van der Waals surface area contributed by atoms with Crippen molar-refractivity contribution in [1.82, 2.24) is 0 Å².